The second-order valence-corrected chi connectivity index (χ2v) is 2.34. The molecule has 0 aromatic heterocycles. The fraction of sp³-hybridized carbons (Fsp3) is 0.333. The summed E-state index contributed by atoms with van der Waals surface area (Å²) in [6, 6.07) is 0. The van der Waals surface area contributed by atoms with Crippen LogP contribution < -0.4 is 0 Å². The molecule has 0 aliphatic carbocycles. The normalized spacial score (nSPS) is 13.5. The molecular formula is C9H13Cl. The molecule has 0 aromatic carbocycles. The lowest BCUT2D eigenvalue weighted by Gasteiger charge is -1.96. The first-order valence-electron chi connectivity index (χ1n) is 3.40. The third-order valence-corrected chi connectivity index (χ3v) is 1.63. The Morgan fingerprint density at radius 3 is 2.50 bits per heavy atom. The summed E-state index contributed by atoms with van der Waals surface area (Å²) in [5, 5.41) is 0.751. The monoisotopic (exact) mass is 156 g/mol. The van der Waals surface area contributed by atoms with Gasteiger partial charge in [-0.15, -0.1) is 0 Å². The molecule has 0 aliphatic heterocycles. The third-order valence-electron chi connectivity index (χ3n) is 1.23. The molecule has 0 atom stereocenters. The number of hydrogen-bond donors (Lipinski definition) is 0. The van der Waals surface area contributed by atoms with Crippen LogP contribution in [0.4, 0.5) is 0 Å². The van der Waals surface area contributed by atoms with Crippen molar-refractivity contribution in [1.29, 1.82) is 0 Å². The Kier molecular flexibility index (Phi) is 5.05. The second-order valence-electron chi connectivity index (χ2n) is 1.93. The fourth-order valence-electron chi connectivity index (χ4n) is 0.699. The minimum Gasteiger partial charge on any atom is -0.0976 e. The van der Waals surface area contributed by atoms with Gasteiger partial charge in [0.05, 0.1) is 0 Å². The van der Waals surface area contributed by atoms with E-state index in [1.165, 1.54) is 0 Å². The predicted molar refractivity (Wildman–Crippen MR) is 48.2 cm³/mol. The van der Waals surface area contributed by atoms with E-state index in [1.807, 2.05) is 19.1 Å². The van der Waals surface area contributed by atoms with Crippen molar-refractivity contribution in [3.8, 4) is 0 Å². The maximum Gasteiger partial charge on any atom is 0.0431 e. The summed E-state index contributed by atoms with van der Waals surface area (Å²) in [4.78, 5) is 0. The van der Waals surface area contributed by atoms with Gasteiger partial charge in [0.1, 0.15) is 0 Å². The van der Waals surface area contributed by atoms with Crippen LogP contribution in [0.15, 0.2) is 35.4 Å². The summed E-state index contributed by atoms with van der Waals surface area (Å²) >= 11 is 5.82. The van der Waals surface area contributed by atoms with E-state index in [4.69, 9.17) is 11.6 Å². The summed E-state index contributed by atoms with van der Waals surface area (Å²) in [5.41, 5.74) is 1.14. The van der Waals surface area contributed by atoms with E-state index < -0.39 is 0 Å². The molecule has 0 rings (SSSR count). The fourth-order valence-corrected chi connectivity index (χ4v) is 0.895. The number of halogens is 1. The highest BCUT2D eigenvalue weighted by molar-refractivity contribution is 6.31. The average molecular weight is 157 g/mol. The van der Waals surface area contributed by atoms with Gasteiger partial charge in [-0.3, -0.25) is 0 Å². The molecule has 0 N–H and O–H groups in total. The first-order valence-corrected chi connectivity index (χ1v) is 3.77. The minimum absolute atomic E-state index is 0.751. The molecule has 0 aromatic rings. The van der Waals surface area contributed by atoms with Gasteiger partial charge < -0.3 is 0 Å². The molecule has 0 radical (unpaired) electrons. The Morgan fingerprint density at radius 2 is 2.20 bits per heavy atom. The van der Waals surface area contributed by atoms with Crippen LogP contribution in [0.5, 0.6) is 0 Å². The Balaban J connectivity index is 4.44. The van der Waals surface area contributed by atoms with E-state index in [1.54, 1.807) is 6.08 Å². The summed E-state index contributed by atoms with van der Waals surface area (Å²) in [6.45, 7) is 7.63. The van der Waals surface area contributed by atoms with Gasteiger partial charge in [0, 0.05) is 5.03 Å². The van der Waals surface area contributed by atoms with E-state index in [-0.39, 0.29) is 0 Å². The lowest BCUT2D eigenvalue weighted by molar-refractivity contribution is 1.14. The molecule has 0 bridgehead atoms. The molecule has 0 saturated heterocycles. The maximum absolute atomic E-state index is 5.82. The van der Waals surface area contributed by atoms with Gasteiger partial charge in [0.2, 0.25) is 0 Å². The van der Waals surface area contributed by atoms with Gasteiger partial charge in [-0.25, -0.2) is 0 Å². The van der Waals surface area contributed by atoms with Gasteiger partial charge in [0.25, 0.3) is 0 Å². The minimum atomic E-state index is 0.751. The number of allylic oxidation sites excluding steroid dienone is 5. The molecule has 0 amide bonds. The Morgan fingerprint density at radius 1 is 1.60 bits per heavy atom. The highest BCUT2D eigenvalue weighted by Gasteiger charge is 1.92. The van der Waals surface area contributed by atoms with Crippen LogP contribution in [0.25, 0.3) is 0 Å². The SMILES string of the molecule is C=C/C(Cl)=C(\C=C/C)CC. The zero-order chi connectivity index (χ0) is 7.98. The van der Waals surface area contributed by atoms with Crippen LogP contribution in [0.3, 0.4) is 0 Å². The van der Waals surface area contributed by atoms with Crippen molar-refractivity contribution in [2.75, 3.05) is 0 Å². The van der Waals surface area contributed by atoms with E-state index in [9.17, 15) is 0 Å². The smallest absolute Gasteiger partial charge is 0.0431 e. The first kappa shape index (κ1) is 9.51. The standard InChI is InChI=1S/C9H13Cl/c1-4-7-8(5-2)9(10)6-3/h4,6-7H,3,5H2,1-2H3/b7-4-,9-8+. The predicted octanol–water partition coefficient (Wildman–Crippen LogP) is 3.65. The highest BCUT2D eigenvalue weighted by atomic mass is 35.5. The summed E-state index contributed by atoms with van der Waals surface area (Å²) in [7, 11) is 0. The quantitative estimate of drug-likeness (QED) is 0.548. The molecule has 0 saturated carbocycles. The molecule has 56 valence electrons. The van der Waals surface area contributed by atoms with Crippen LogP contribution in [0, 0.1) is 0 Å². The number of hydrogen-bond acceptors (Lipinski definition) is 0. The van der Waals surface area contributed by atoms with Crippen molar-refractivity contribution in [3.05, 3.63) is 35.4 Å². The molecule has 10 heavy (non-hydrogen) atoms. The van der Waals surface area contributed by atoms with Crippen LogP contribution in [0.1, 0.15) is 20.3 Å². The second kappa shape index (κ2) is 5.31. The Labute approximate surface area is 67.9 Å². The Hall–Kier alpha value is -0.490. The van der Waals surface area contributed by atoms with Gasteiger partial charge in [-0.05, 0) is 18.9 Å². The summed E-state index contributed by atoms with van der Waals surface area (Å²) in [6.07, 6.45) is 6.60. The topological polar surface area (TPSA) is 0 Å². The molecule has 0 spiro atoms. The number of rotatable bonds is 3. The van der Waals surface area contributed by atoms with Crippen LogP contribution in [0.2, 0.25) is 0 Å². The van der Waals surface area contributed by atoms with Crippen molar-refractivity contribution in [3.63, 3.8) is 0 Å². The van der Waals surface area contributed by atoms with Gasteiger partial charge >= 0.3 is 0 Å². The summed E-state index contributed by atoms with van der Waals surface area (Å²) < 4.78 is 0. The first-order chi connectivity index (χ1) is 4.76. The molecule has 0 nitrogen and oxygen atoms in total. The van der Waals surface area contributed by atoms with Crippen LogP contribution in [-0.4, -0.2) is 0 Å². The zero-order valence-corrected chi connectivity index (χ0v) is 7.28. The lowest BCUT2D eigenvalue weighted by Crippen LogP contribution is -1.76. The van der Waals surface area contributed by atoms with Crippen molar-refractivity contribution >= 4 is 11.6 Å². The molecule has 0 unspecified atom stereocenters. The van der Waals surface area contributed by atoms with E-state index in [0.717, 1.165) is 17.0 Å². The largest absolute Gasteiger partial charge is 0.0976 e. The van der Waals surface area contributed by atoms with E-state index >= 15 is 0 Å². The van der Waals surface area contributed by atoms with E-state index in [0.29, 0.717) is 0 Å². The molecular weight excluding hydrogens is 144 g/mol. The van der Waals surface area contributed by atoms with Gasteiger partial charge in [0.15, 0.2) is 0 Å². The molecule has 0 heterocycles. The van der Waals surface area contributed by atoms with E-state index in [2.05, 4.69) is 13.5 Å². The van der Waals surface area contributed by atoms with Crippen LogP contribution in [-0.2, 0) is 0 Å². The Bertz CT molecular complexity index is 164. The highest BCUT2D eigenvalue weighted by Crippen LogP contribution is 2.14. The maximum atomic E-state index is 5.82. The molecule has 0 fully saturated rings. The third kappa shape index (κ3) is 2.88. The lowest BCUT2D eigenvalue weighted by atomic mass is 10.2. The average Bonchev–Trinajstić information content (AvgIpc) is 1.99. The summed E-state index contributed by atoms with van der Waals surface area (Å²) in [5.74, 6) is 0. The van der Waals surface area contributed by atoms with Crippen molar-refractivity contribution in [2.45, 2.75) is 20.3 Å². The van der Waals surface area contributed by atoms with Crippen molar-refractivity contribution < 1.29 is 0 Å². The van der Waals surface area contributed by atoms with Crippen molar-refractivity contribution in [2.24, 2.45) is 0 Å². The zero-order valence-electron chi connectivity index (χ0n) is 6.52. The molecule has 1 heteroatoms. The van der Waals surface area contributed by atoms with Gasteiger partial charge in [-0.2, -0.15) is 0 Å². The molecule has 0 aliphatic rings. The van der Waals surface area contributed by atoms with Crippen LogP contribution >= 0.6 is 11.6 Å². The van der Waals surface area contributed by atoms with Gasteiger partial charge in [-0.1, -0.05) is 43.3 Å². The van der Waals surface area contributed by atoms with Crippen molar-refractivity contribution in [1.82, 2.24) is 0 Å².